The molecule has 1 nitrogen and oxygen atoms in total. The Bertz CT molecular complexity index is 559. The van der Waals surface area contributed by atoms with Crippen LogP contribution in [0.5, 0.6) is 0 Å². The van der Waals surface area contributed by atoms with Crippen LogP contribution in [0.2, 0.25) is 0 Å². The average molecular weight is 225 g/mol. The van der Waals surface area contributed by atoms with Crippen LogP contribution in [0.1, 0.15) is 12.0 Å². The monoisotopic (exact) mass is 225 g/mol. The molecule has 1 aliphatic heterocycles. The van der Waals surface area contributed by atoms with Crippen LogP contribution in [0.25, 0.3) is 5.70 Å². The molecule has 0 radical (unpaired) electrons. The fraction of sp³-hybridized carbons (Fsp3) is 0.0667. The van der Waals surface area contributed by atoms with E-state index < -0.39 is 0 Å². The van der Waals surface area contributed by atoms with Crippen molar-refractivity contribution in [2.24, 2.45) is 0 Å². The third-order valence-corrected chi connectivity index (χ3v) is 2.96. The third kappa shape index (κ3) is 1.82. The van der Waals surface area contributed by atoms with E-state index in [9.17, 15) is 4.39 Å². The molecule has 1 aromatic rings. The Morgan fingerprint density at radius 3 is 2.71 bits per heavy atom. The molecule has 1 aromatic carbocycles. The van der Waals surface area contributed by atoms with Crippen LogP contribution in [0.15, 0.2) is 65.9 Å². The van der Waals surface area contributed by atoms with Crippen LogP contribution in [0, 0.1) is 5.82 Å². The first kappa shape index (κ1) is 10.1. The van der Waals surface area contributed by atoms with Crippen LogP contribution in [-0.4, -0.2) is 0 Å². The van der Waals surface area contributed by atoms with Gasteiger partial charge in [0.2, 0.25) is 0 Å². The zero-order valence-corrected chi connectivity index (χ0v) is 9.28. The van der Waals surface area contributed by atoms with Gasteiger partial charge in [0.25, 0.3) is 0 Å². The Kier molecular flexibility index (Phi) is 2.41. The SMILES string of the molecule is Fc1ccc(C2=C3C=CCC=C3C=CN2)cc1. The number of allylic oxidation sites excluding steroid dienone is 6. The normalized spacial score (nSPS) is 17.6. The Hall–Kier alpha value is -2.09. The Balaban J connectivity index is 2.10. The molecule has 0 saturated heterocycles. The minimum absolute atomic E-state index is 0.208. The van der Waals surface area contributed by atoms with Crippen molar-refractivity contribution in [1.82, 2.24) is 5.32 Å². The van der Waals surface area contributed by atoms with E-state index in [0.29, 0.717) is 0 Å². The molecule has 0 bridgehead atoms. The maximum atomic E-state index is 12.9. The molecule has 0 saturated carbocycles. The summed E-state index contributed by atoms with van der Waals surface area (Å²) in [4.78, 5) is 0. The van der Waals surface area contributed by atoms with E-state index >= 15 is 0 Å². The van der Waals surface area contributed by atoms with E-state index in [-0.39, 0.29) is 5.82 Å². The summed E-state index contributed by atoms with van der Waals surface area (Å²) in [5.41, 5.74) is 4.44. The van der Waals surface area contributed by atoms with Gasteiger partial charge in [-0.1, -0.05) is 18.2 Å². The molecule has 0 fully saturated rings. The average Bonchev–Trinajstić information content (AvgIpc) is 2.39. The van der Waals surface area contributed by atoms with Crippen molar-refractivity contribution in [3.8, 4) is 0 Å². The van der Waals surface area contributed by atoms with Gasteiger partial charge in [0.1, 0.15) is 5.82 Å². The van der Waals surface area contributed by atoms with E-state index in [1.54, 1.807) is 12.1 Å². The van der Waals surface area contributed by atoms with Gasteiger partial charge in [-0.15, -0.1) is 0 Å². The highest BCUT2D eigenvalue weighted by Gasteiger charge is 2.14. The maximum absolute atomic E-state index is 12.9. The van der Waals surface area contributed by atoms with E-state index in [2.05, 4.69) is 29.6 Å². The fourth-order valence-corrected chi connectivity index (χ4v) is 2.12. The summed E-state index contributed by atoms with van der Waals surface area (Å²) >= 11 is 0. The molecular weight excluding hydrogens is 213 g/mol. The van der Waals surface area contributed by atoms with Crippen LogP contribution < -0.4 is 5.32 Å². The summed E-state index contributed by atoms with van der Waals surface area (Å²) in [6.45, 7) is 0. The topological polar surface area (TPSA) is 12.0 Å². The minimum atomic E-state index is -0.208. The second kappa shape index (κ2) is 4.06. The second-order valence-corrected chi connectivity index (χ2v) is 4.07. The van der Waals surface area contributed by atoms with Gasteiger partial charge in [-0.25, -0.2) is 4.39 Å². The first-order valence-corrected chi connectivity index (χ1v) is 5.65. The van der Waals surface area contributed by atoms with Crippen molar-refractivity contribution in [3.63, 3.8) is 0 Å². The molecule has 0 spiro atoms. The zero-order valence-electron chi connectivity index (χ0n) is 9.28. The van der Waals surface area contributed by atoms with Crippen molar-refractivity contribution in [2.75, 3.05) is 0 Å². The van der Waals surface area contributed by atoms with Crippen LogP contribution in [-0.2, 0) is 0 Å². The summed E-state index contributed by atoms with van der Waals surface area (Å²) in [7, 11) is 0. The van der Waals surface area contributed by atoms with Crippen molar-refractivity contribution < 1.29 is 4.39 Å². The summed E-state index contributed by atoms with van der Waals surface area (Å²) in [5.74, 6) is -0.208. The lowest BCUT2D eigenvalue weighted by atomic mass is 9.93. The molecule has 0 aromatic heterocycles. The lowest BCUT2D eigenvalue weighted by Crippen LogP contribution is -2.12. The predicted molar refractivity (Wildman–Crippen MR) is 67.4 cm³/mol. The lowest BCUT2D eigenvalue weighted by Gasteiger charge is -2.20. The van der Waals surface area contributed by atoms with Gasteiger partial charge in [0.05, 0.1) is 5.70 Å². The number of hydrogen-bond donors (Lipinski definition) is 1. The highest BCUT2D eigenvalue weighted by atomic mass is 19.1. The molecule has 1 heterocycles. The lowest BCUT2D eigenvalue weighted by molar-refractivity contribution is 0.627. The van der Waals surface area contributed by atoms with Crippen molar-refractivity contribution in [1.29, 1.82) is 0 Å². The molecule has 2 heteroatoms. The van der Waals surface area contributed by atoms with Gasteiger partial charge in [0.15, 0.2) is 0 Å². The number of fused-ring (bicyclic) bond motifs is 1. The summed E-state index contributed by atoms with van der Waals surface area (Å²) in [6, 6.07) is 6.56. The van der Waals surface area contributed by atoms with Crippen molar-refractivity contribution in [2.45, 2.75) is 6.42 Å². The van der Waals surface area contributed by atoms with Crippen LogP contribution >= 0.6 is 0 Å². The summed E-state index contributed by atoms with van der Waals surface area (Å²) < 4.78 is 12.9. The second-order valence-electron chi connectivity index (χ2n) is 4.07. The van der Waals surface area contributed by atoms with Gasteiger partial charge in [-0.2, -0.15) is 0 Å². The third-order valence-electron chi connectivity index (χ3n) is 2.96. The molecule has 0 unspecified atom stereocenters. The summed E-state index contributed by atoms with van der Waals surface area (Å²) in [6.07, 6.45) is 11.4. The highest BCUT2D eigenvalue weighted by Crippen LogP contribution is 2.29. The Morgan fingerprint density at radius 2 is 1.88 bits per heavy atom. The van der Waals surface area contributed by atoms with E-state index in [4.69, 9.17) is 0 Å². The van der Waals surface area contributed by atoms with Gasteiger partial charge < -0.3 is 5.32 Å². The quantitative estimate of drug-likeness (QED) is 0.770. The number of nitrogens with one attached hydrogen (secondary N) is 1. The highest BCUT2D eigenvalue weighted by molar-refractivity contribution is 5.78. The van der Waals surface area contributed by atoms with Gasteiger partial charge in [0, 0.05) is 11.8 Å². The Labute approximate surface area is 99.7 Å². The molecule has 0 amide bonds. The van der Waals surface area contributed by atoms with Crippen LogP contribution in [0.3, 0.4) is 0 Å². The fourth-order valence-electron chi connectivity index (χ4n) is 2.12. The molecule has 1 N–H and O–H groups in total. The van der Waals surface area contributed by atoms with E-state index in [0.717, 1.165) is 17.7 Å². The smallest absolute Gasteiger partial charge is 0.123 e. The first-order valence-electron chi connectivity index (χ1n) is 5.65. The van der Waals surface area contributed by atoms with Crippen LogP contribution in [0.4, 0.5) is 4.39 Å². The predicted octanol–water partition coefficient (Wildman–Crippen LogP) is 3.54. The molecule has 84 valence electrons. The minimum Gasteiger partial charge on any atom is -0.361 e. The number of benzene rings is 1. The van der Waals surface area contributed by atoms with Gasteiger partial charge >= 0.3 is 0 Å². The number of hydrogen-bond acceptors (Lipinski definition) is 1. The summed E-state index contributed by atoms with van der Waals surface area (Å²) in [5, 5.41) is 3.24. The molecule has 1 aliphatic carbocycles. The van der Waals surface area contributed by atoms with E-state index in [1.165, 1.54) is 23.3 Å². The number of rotatable bonds is 1. The van der Waals surface area contributed by atoms with Crippen molar-refractivity contribution in [3.05, 3.63) is 77.3 Å². The standard InChI is InChI=1S/C15H12FN/c16-13-7-5-12(6-8-13)15-14-4-2-1-3-11(14)9-10-17-15/h2-10,17H,1H2. The largest absolute Gasteiger partial charge is 0.361 e. The van der Waals surface area contributed by atoms with E-state index in [1.807, 2.05) is 6.20 Å². The van der Waals surface area contributed by atoms with Crippen molar-refractivity contribution >= 4 is 5.70 Å². The molecule has 0 atom stereocenters. The molecule has 2 aliphatic rings. The first-order chi connectivity index (χ1) is 8.34. The number of dihydropyridines is 1. The molecule has 17 heavy (non-hydrogen) atoms. The zero-order chi connectivity index (χ0) is 11.7. The van der Waals surface area contributed by atoms with Gasteiger partial charge in [-0.05, 0) is 47.9 Å². The molecular formula is C15H12FN. The van der Waals surface area contributed by atoms with Gasteiger partial charge in [-0.3, -0.25) is 0 Å². The molecule has 3 rings (SSSR count). The number of halogens is 1. The maximum Gasteiger partial charge on any atom is 0.123 e. The Morgan fingerprint density at radius 1 is 1.06 bits per heavy atom.